The van der Waals surface area contributed by atoms with Crippen molar-refractivity contribution in [1.29, 1.82) is 0 Å². The molecule has 0 amide bonds. The van der Waals surface area contributed by atoms with Crippen molar-refractivity contribution in [2.75, 3.05) is 0 Å². The van der Waals surface area contributed by atoms with Crippen LogP contribution in [-0.2, 0) is 26.2 Å². The van der Waals surface area contributed by atoms with Gasteiger partial charge in [-0.15, -0.1) is 0 Å². The number of hydrogen-bond donors (Lipinski definition) is 0. The van der Waals surface area contributed by atoms with Gasteiger partial charge in [0.05, 0.1) is 0 Å². The Bertz CT molecular complexity index is 123. The van der Waals surface area contributed by atoms with Crippen LogP contribution in [0.2, 0.25) is 0 Å². The van der Waals surface area contributed by atoms with Crippen LogP contribution in [0.4, 0.5) is 0 Å². The van der Waals surface area contributed by atoms with Crippen LogP contribution in [0, 0.1) is 0 Å². The van der Waals surface area contributed by atoms with Crippen LogP contribution in [0.15, 0.2) is 20.2 Å². The molecule has 7 heteroatoms. The minimum Gasteiger partial charge on any atom is 4.00 e. The van der Waals surface area contributed by atoms with E-state index in [4.69, 9.17) is 0 Å². The number of allylic oxidation sites excluding steroid dienone is 2. The monoisotopic (exact) mass is 722 g/mol. The Hall–Kier alpha value is 3.96. The third kappa shape index (κ3) is 49.1. The van der Waals surface area contributed by atoms with E-state index in [1.807, 2.05) is 20.2 Å². The minimum absolute atomic E-state index is 0. The summed E-state index contributed by atoms with van der Waals surface area (Å²) < 4.78 is 9.91. The summed E-state index contributed by atoms with van der Waals surface area (Å²) in [5.74, 6) is 0. The summed E-state index contributed by atoms with van der Waals surface area (Å²) >= 11 is 6.09. The maximum absolute atomic E-state index is 2.91. The van der Waals surface area contributed by atoms with E-state index in [0.717, 1.165) is 0 Å². The Kier molecular flexibility index (Phi) is 83.6. The Morgan fingerprint density at radius 2 is 1.08 bits per heavy atom. The molecule has 0 aromatic rings. The minimum atomic E-state index is 0. The van der Waals surface area contributed by atoms with Crippen LogP contribution < -0.4 is 24.8 Å². The third-order valence-corrected chi connectivity index (χ3v) is 2.12. The molecule has 0 aromatic heterocycles. The third-order valence-electron chi connectivity index (χ3n) is 0.316. The van der Waals surface area contributed by atoms with Crippen LogP contribution in [0.5, 0.6) is 0 Å². The fraction of sp³-hybridized carbons (Fsp3) is 0. The molecule has 4 radical (unpaired) electrons. The van der Waals surface area contributed by atoms with Gasteiger partial charge >= 0.3 is 145 Å². The van der Waals surface area contributed by atoms with Crippen LogP contribution in [0.3, 0.4) is 0 Å². The van der Waals surface area contributed by atoms with E-state index in [1.165, 1.54) is 46.0 Å². The average molecular weight is 727 g/mol. The average Bonchev–Trinajstić information content (AvgIpc) is 1.93. The topological polar surface area (TPSA) is 0 Å². The molecule has 0 saturated carbocycles. The van der Waals surface area contributed by atoms with Crippen molar-refractivity contribution in [1.82, 2.24) is 0 Å². The first-order valence-corrected chi connectivity index (χ1v) is 8.12. The van der Waals surface area contributed by atoms with Crippen molar-refractivity contribution < 1.29 is 51.0 Å². The summed E-state index contributed by atoms with van der Waals surface area (Å²) in [6.45, 7) is 0. The van der Waals surface area contributed by atoms with E-state index in [9.17, 15) is 0 Å². The summed E-state index contributed by atoms with van der Waals surface area (Å²) in [6.07, 6.45) is 3.87. The largest absolute Gasteiger partial charge is 4.00 e. The molecule has 68 valence electrons. The molecule has 13 heavy (non-hydrogen) atoms. The zero-order chi connectivity index (χ0) is 8.24. The second kappa shape index (κ2) is 36.0. The molecule has 0 nitrogen and oxygen atoms in total. The van der Waals surface area contributed by atoms with Crippen LogP contribution in [-0.4, -0.2) is 99.0 Å². The van der Waals surface area contributed by atoms with E-state index in [1.54, 1.807) is 45.1 Å². The SMILES string of the molecule is [Cl-].[Cl-].[Sb]=[C-]C=[CH][SbH].[Sb]=[C-]C=[CH][SbH].[Zr+4]. The summed E-state index contributed by atoms with van der Waals surface area (Å²) in [7, 11) is 0. The van der Waals surface area contributed by atoms with Gasteiger partial charge < -0.3 is 24.8 Å². The first-order chi connectivity index (χ1) is 4.83. The Labute approximate surface area is 166 Å². The van der Waals surface area contributed by atoms with Gasteiger partial charge in [-0.2, -0.15) is 0 Å². The molecule has 0 unspecified atom stereocenters. The van der Waals surface area contributed by atoms with Gasteiger partial charge in [-0.3, -0.25) is 0 Å². The molecule has 0 bridgehead atoms. The van der Waals surface area contributed by atoms with Gasteiger partial charge in [-0.05, 0) is 0 Å². The molecule has 0 heterocycles. The van der Waals surface area contributed by atoms with Crippen molar-refractivity contribution in [3.63, 3.8) is 0 Å². The fourth-order valence-electron chi connectivity index (χ4n) is 0.0745. The molecule has 0 aliphatic heterocycles. The normalized spacial score (nSPS) is 6.92. The van der Waals surface area contributed by atoms with E-state index in [2.05, 4.69) is 7.90 Å². The number of rotatable bonds is 2. The van der Waals surface area contributed by atoms with Gasteiger partial charge in [-0.25, -0.2) is 0 Å². The second-order valence-corrected chi connectivity index (χ2v) is 4.30. The zero-order valence-electron chi connectivity index (χ0n) is 6.46. The van der Waals surface area contributed by atoms with Crippen molar-refractivity contribution in [3.8, 4) is 0 Å². The Morgan fingerprint density at radius 3 is 1.08 bits per heavy atom. The van der Waals surface area contributed by atoms with Crippen LogP contribution in [0.1, 0.15) is 0 Å². The summed E-state index contributed by atoms with van der Waals surface area (Å²) in [5.41, 5.74) is 0. The van der Waals surface area contributed by atoms with Crippen molar-refractivity contribution in [3.05, 3.63) is 20.2 Å². The van der Waals surface area contributed by atoms with Crippen molar-refractivity contribution >= 4 is 99.0 Å². The van der Waals surface area contributed by atoms with Crippen LogP contribution in [0.25, 0.3) is 0 Å². The fourth-order valence-corrected chi connectivity index (χ4v) is 3.35. The number of halogens is 2. The van der Waals surface area contributed by atoms with Crippen molar-refractivity contribution in [2.24, 2.45) is 0 Å². The summed E-state index contributed by atoms with van der Waals surface area (Å²) in [4.78, 5) is 0. The van der Waals surface area contributed by atoms with E-state index < -0.39 is 0 Å². The zero-order valence-corrected chi connectivity index (χ0v) is 21.2. The molecule has 0 N–H and O–H groups in total. The first kappa shape index (κ1) is 30.2. The Morgan fingerprint density at radius 1 is 0.846 bits per heavy atom. The molecule has 0 atom stereocenters. The maximum Gasteiger partial charge on any atom is 4.00 e. The number of hydrogen-bond acceptors (Lipinski definition) is 0. The molecule has 0 aromatic carbocycles. The quantitative estimate of drug-likeness (QED) is 0.196. The predicted molar refractivity (Wildman–Crippen MR) is 54.1 cm³/mol. The molecular formula is C6H6Cl2Sb4Zr. The smallest absolute Gasteiger partial charge is 4.00 e. The molecule has 0 aliphatic carbocycles. The summed E-state index contributed by atoms with van der Waals surface area (Å²) in [6, 6.07) is 0. The van der Waals surface area contributed by atoms with E-state index >= 15 is 0 Å². The van der Waals surface area contributed by atoms with Gasteiger partial charge in [0.15, 0.2) is 0 Å². The molecule has 0 aliphatic rings. The second-order valence-electron chi connectivity index (χ2n) is 0.925. The van der Waals surface area contributed by atoms with E-state index in [-0.39, 0.29) is 51.0 Å². The molecular weight excluding hydrogens is 721 g/mol. The van der Waals surface area contributed by atoms with Crippen LogP contribution >= 0.6 is 0 Å². The first-order valence-electron chi connectivity index (χ1n) is 2.27. The standard InChI is InChI=1S/2C3H2.2ClH.4Sb.Zr.2H/c2*1-3-2;;;;;;;;;/h2*1,3H;2*1H;;;;;;;/q2*-1;;;;;;;+4;;/p-2. The van der Waals surface area contributed by atoms with E-state index in [0.29, 0.717) is 0 Å². The van der Waals surface area contributed by atoms with Gasteiger partial charge in [0.1, 0.15) is 0 Å². The molecule has 0 saturated heterocycles. The van der Waals surface area contributed by atoms with Gasteiger partial charge in [0, 0.05) is 0 Å². The molecule has 0 spiro atoms. The molecule has 0 fully saturated rings. The van der Waals surface area contributed by atoms with Gasteiger partial charge in [0.25, 0.3) is 0 Å². The van der Waals surface area contributed by atoms with Gasteiger partial charge in [-0.1, -0.05) is 0 Å². The maximum atomic E-state index is 2.91. The molecule has 0 rings (SSSR count). The predicted octanol–water partition coefficient (Wildman–Crippen LogP) is -7.50. The van der Waals surface area contributed by atoms with Crippen molar-refractivity contribution in [2.45, 2.75) is 0 Å². The Balaban J connectivity index is -0.0000000267. The van der Waals surface area contributed by atoms with Gasteiger partial charge in [0.2, 0.25) is 0 Å². The summed E-state index contributed by atoms with van der Waals surface area (Å²) in [5, 5.41) is 0.